The third kappa shape index (κ3) is 30.8. The van der Waals surface area contributed by atoms with Crippen molar-refractivity contribution < 1.29 is 38.2 Å². The number of ether oxygens (including phenoxy) is 3. The van der Waals surface area contributed by atoms with E-state index in [0.29, 0.717) is 12.8 Å². The molecule has 0 aromatic heterocycles. The van der Waals surface area contributed by atoms with Gasteiger partial charge in [0.15, 0.2) is 6.10 Å². The van der Waals surface area contributed by atoms with Crippen LogP contribution in [0.4, 0.5) is 0 Å². The highest BCUT2D eigenvalue weighted by Crippen LogP contribution is 2.10. The van der Waals surface area contributed by atoms with Gasteiger partial charge in [0.1, 0.15) is 12.6 Å². The summed E-state index contributed by atoms with van der Waals surface area (Å²) in [7, 11) is 5.36. The molecule has 2 unspecified atom stereocenters. The molecule has 0 aliphatic carbocycles. The highest BCUT2D eigenvalue weighted by Gasteiger charge is 2.25. The quantitative estimate of drug-likeness (QED) is 0.0301. The van der Waals surface area contributed by atoms with Gasteiger partial charge in [0.25, 0.3) is 0 Å². The summed E-state index contributed by atoms with van der Waals surface area (Å²) in [6.07, 6.45) is 39.6. The maximum atomic E-state index is 12.6. The Hall–Kier alpha value is -3.23. The van der Waals surface area contributed by atoms with E-state index >= 15 is 0 Å². The number of unbranched alkanes of at least 4 members (excludes halogenated alkanes) is 6. The van der Waals surface area contributed by atoms with E-state index in [0.717, 1.165) is 64.2 Å². The van der Waals surface area contributed by atoms with Crippen LogP contribution in [0.1, 0.15) is 123 Å². The van der Waals surface area contributed by atoms with Gasteiger partial charge in [0.2, 0.25) is 0 Å². The molecular formula is C42H69NO7. The Morgan fingerprint density at radius 1 is 0.620 bits per heavy atom. The van der Waals surface area contributed by atoms with Gasteiger partial charge >= 0.3 is 11.9 Å². The summed E-state index contributed by atoms with van der Waals surface area (Å²) >= 11 is 0. The highest BCUT2D eigenvalue weighted by molar-refractivity contribution is 5.70. The standard InChI is InChI=1S/C42H69NO7/c1-6-8-10-12-14-15-16-17-18-19-20-21-22-23-24-25-27-29-31-33-41(45)50-38(36-48-35-34-39(42(46)47)43(3,4)5)37-49-40(44)32-30-28-26-13-11-9-7-2/h8,10,14-15,17-18,20-21,23-24,26,28,38-39H,6-7,9,11-13,16,19,22,25,27,29-37H2,1-5H3/b10-8+,15-14+,18-17+,21-20+,24-23+,28-26+. The minimum absolute atomic E-state index is 0.0112. The van der Waals surface area contributed by atoms with Crippen LogP contribution in [-0.2, 0) is 28.6 Å². The summed E-state index contributed by atoms with van der Waals surface area (Å²) in [5.74, 6) is -1.86. The van der Waals surface area contributed by atoms with Gasteiger partial charge in [0, 0.05) is 19.3 Å². The van der Waals surface area contributed by atoms with Crippen molar-refractivity contribution in [3.8, 4) is 0 Å². The van der Waals surface area contributed by atoms with Gasteiger partial charge in [-0.05, 0) is 70.6 Å². The number of likely N-dealkylation sites (N-methyl/N-ethyl adjacent to an activating group) is 1. The molecule has 0 fully saturated rings. The first-order valence-corrected chi connectivity index (χ1v) is 19.0. The fourth-order valence-electron chi connectivity index (χ4n) is 4.88. The Kier molecular flexibility index (Phi) is 30.8. The number of esters is 2. The molecule has 0 radical (unpaired) electrons. The largest absolute Gasteiger partial charge is 0.544 e. The van der Waals surface area contributed by atoms with Gasteiger partial charge in [-0.25, -0.2) is 0 Å². The highest BCUT2D eigenvalue weighted by atomic mass is 16.6. The molecule has 0 spiro atoms. The molecular weight excluding hydrogens is 630 g/mol. The molecule has 0 heterocycles. The van der Waals surface area contributed by atoms with Gasteiger partial charge in [-0.15, -0.1) is 0 Å². The lowest BCUT2D eigenvalue weighted by Gasteiger charge is -2.34. The second kappa shape index (κ2) is 32.9. The topological polar surface area (TPSA) is 102 Å². The molecule has 2 atom stereocenters. The van der Waals surface area contributed by atoms with Gasteiger partial charge in [0.05, 0.1) is 40.3 Å². The summed E-state index contributed by atoms with van der Waals surface area (Å²) in [5, 5.41) is 11.6. The lowest BCUT2D eigenvalue weighted by atomic mass is 10.1. The molecule has 0 aromatic rings. The molecule has 50 heavy (non-hydrogen) atoms. The number of quaternary nitrogens is 1. The number of carboxylic acid groups (broad SMARTS) is 1. The number of aliphatic carboxylic acids is 1. The molecule has 0 amide bonds. The first-order valence-electron chi connectivity index (χ1n) is 19.0. The van der Waals surface area contributed by atoms with Gasteiger partial charge < -0.3 is 28.6 Å². The van der Waals surface area contributed by atoms with Gasteiger partial charge in [-0.2, -0.15) is 0 Å². The summed E-state index contributed by atoms with van der Waals surface area (Å²) < 4.78 is 16.9. The molecule has 0 rings (SSSR count). The number of carboxylic acids is 1. The molecule has 8 nitrogen and oxygen atoms in total. The summed E-state index contributed by atoms with van der Waals surface area (Å²) in [6, 6.07) is -0.738. The van der Waals surface area contributed by atoms with Crippen LogP contribution in [0.2, 0.25) is 0 Å². The third-order valence-corrected chi connectivity index (χ3v) is 7.84. The molecule has 0 aromatic carbocycles. The lowest BCUT2D eigenvalue weighted by molar-refractivity contribution is -0.889. The smallest absolute Gasteiger partial charge is 0.306 e. The van der Waals surface area contributed by atoms with E-state index in [-0.39, 0.29) is 55.5 Å². The fourth-order valence-corrected chi connectivity index (χ4v) is 4.88. The minimum Gasteiger partial charge on any atom is -0.544 e. The van der Waals surface area contributed by atoms with E-state index in [4.69, 9.17) is 14.2 Å². The Morgan fingerprint density at radius 2 is 1.16 bits per heavy atom. The van der Waals surface area contributed by atoms with Crippen molar-refractivity contribution in [1.82, 2.24) is 0 Å². The Bertz CT molecular complexity index is 1050. The van der Waals surface area contributed by atoms with E-state index in [1.165, 1.54) is 12.8 Å². The van der Waals surface area contributed by atoms with E-state index in [1.807, 2.05) is 6.08 Å². The molecule has 0 bridgehead atoms. The molecule has 0 saturated carbocycles. The Balaban J connectivity index is 4.46. The van der Waals surface area contributed by atoms with Crippen LogP contribution in [-0.4, -0.2) is 75.5 Å². The number of nitrogens with zero attached hydrogens (tertiary/aromatic N) is 1. The number of carbonyl (C=O) groups is 3. The first-order chi connectivity index (χ1) is 24.1. The second-order valence-electron chi connectivity index (χ2n) is 13.4. The monoisotopic (exact) mass is 700 g/mol. The normalized spacial score (nSPS) is 13.9. The van der Waals surface area contributed by atoms with Crippen molar-refractivity contribution in [1.29, 1.82) is 0 Å². The molecule has 8 heteroatoms. The van der Waals surface area contributed by atoms with Crippen molar-refractivity contribution in [2.45, 2.75) is 135 Å². The third-order valence-electron chi connectivity index (χ3n) is 7.84. The average molecular weight is 700 g/mol. The van der Waals surface area contributed by atoms with E-state index < -0.39 is 18.1 Å². The van der Waals surface area contributed by atoms with Crippen LogP contribution in [0, 0.1) is 0 Å². The lowest BCUT2D eigenvalue weighted by Crippen LogP contribution is -2.55. The minimum atomic E-state index is -1.14. The van der Waals surface area contributed by atoms with Gasteiger partial charge in [-0.3, -0.25) is 9.59 Å². The van der Waals surface area contributed by atoms with E-state index in [2.05, 4.69) is 80.7 Å². The molecule has 0 saturated heterocycles. The molecule has 0 aliphatic rings. The first kappa shape index (κ1) is 46.8. The van der Waals surface area contributed by atoms with Gasteiger partial charge in [-0.1, -0.05) is 106 Å². The van der Waals surface area contributed by atoms with Crippen molar-refractivity contribution in [2.75, 3.05) is 41.0 Å². The van der Waals surface area contributed by atoms with Crippen molar-refractivity contribution in [2.24, 2.45) is 0 Å². The van der Waals surface area contributed by atoms with E-state index in [9.17, 15) is 19.5 Å². The van der Waals surface area contributed by atoms with Crippen LogP contribution in [0.25, 0.3) is 0 Å². The van der Waals surface area contributed by atoms with Crippen LogP contribution in [0.15, 0.2) is 72.9 Å². The zero-order valence-corrected chi connectivity index (χ0v) is 32.0. The second-order valence-corrected chi connectivity index (χ2v) is 13.4. The van der Waals surface area contributed by atoms with Crippen molar-refractivity contribution >= 4 is 17.9 Å². The van der Waals surface area contributed by atoms with Crippen LogP contribution in [0.5, 0.6) is 0 Å². The number of allylic oxidation sites excluding steroid dienone is 12. The summed E-state index contributed by atoms with van der Waals surface area (Å²) in [4.78, 5) is 36.5. The Labute approximate surface area is 304 Å². The zero-order chi connectivity index (χ0) is 37.1. The average Bonchev–Trinajstić information content (AvgIpc) is 3.06. The maximum Gasteiger partial charge on any atom is 0.306 e. The number of hydrogen-bond acceptors (Lipinski definition) is 7. The predicted octanol–water partition coefficient (Wildman–Crippen LogP) is 8.29. The maximum absolute atomic E-state index is 12.6. The molecule has 284 valence electrons. The van der Waals surface area contributed by atoms with E-state index in [1.54, 1.807) is 21.1 Å². The van der Waals surface area contributed by atoms with Crippen molar-refractivity contribution in [3.63, 3.8) is 0 Å². The fraction of sp³-hybridized carbons (Fsp3) is 0.643. The van der Waals surface area contributed by atoms with Crippen LogP contribution < -0.4 is 5.11 Å². The van der Waals surface area contributed by atoms with Crippen molar-refractivity contribution in [3.05, 3.63) is 72.9 Å². The van der Waals surface area contributed by atoms with Crippen LogP contribution >= 0.6 is 0 Å². The Morgan fingerprint density at radius 3 is 1.72 bits per heavy atom. The summed E-state index contributed by atoms with van der Waals surface area (Å²) in [5.41, 5.74) is 0. The number of carbonyl (C=O) groups excluding carboxylic acids is 3. The zero-order valence-electron chi connectivity index (χ0n) is 32.0. The number of hydrogen-bond donors (Lipinski definition) is 0. The molecule has 0 aliphatic heterocycles. The molecule has 0 N–H and O–H groups in total. The SMILES string of the molecule is CC/C=C/C/C=C/C/C=C/C/C=C/C/C=C/CCCCCC(=O)OC(COCCC(C(=O)[O-])[N+](C)(C)C)COC(=O)CC/C=C/CCCCC. The predicted molar refractivity (Wildman–Crippen MR) is 203 cm³/mol. The summed E-state index contributed by atoms with van der Waals surface area (Å²) in [6.45, 7) is 4.37. The van der Waals surface area contributed by atoms with Crippen LogP contribution in [0.3, 0.4) is 0 Å². The number of rotatable bonds is 32.